The molecular formula is C10H9F3O2. The normalized spacial score (nSPS) is 11.3. The van der Waals surface area contributed by atoms with E-state index in [1.807, 2.05) is 0 Å². The zero-order valence-corrected chi connectivity index (χ0v) is 8.18. The minimum absolute atomic E-state index is 0.0627. The molecule has 0 N–H and O–H groups in total. The molecule has 0 radical (unpaired) electrons. The summed E-state index contributed by atoms with van der Waals surface area (Å²) in [5.74, 6) is -0.879. The quantitative estimate of drug-likeness (QED) is 0.713. The van der Waals surface area contributed by atoms with Crippen molar-refractivity contribution in [2.24, 2.45) is 0 Å². The number of rotatable bonds is 2. The van der Waals surface area contributed by atoms with Crippen molar-refractivity contribution in [1.82, 2.24) is 0 Å². The molecule has 0 bridgehead atoms. The Kier molecular flexibility index (Phi) is 3.02. The molecular weight excluding hydrogens is 209 g/mol. The number of benzene rings is 1. The number of ether oxygens (including phenoxy) is 1. The van der Waals surface area contributed by atoms with Crippen molar-refractivity contribution in [3.8, 4) is 5.75 Å². The van der Waals surface area contributed by atoms with E-state index >= 15 is 0 Å². The van der Waals surface area contributed by atoms with Crippen LogP contribution < -0.4 is 4.74 Å². The lowest BCUT2D eigenvalue weighted by atomic mass is 10.1. The van der Waals surface area contributed by atoms with Gasteiger partial charge in [-0.25, -0.2) is 0 Å². The summed E-state index contributed by atoms with van der Waals surface area (Å²) >= 11 is 0. The van der Waals surface area contributed by atoms with Gasteiger partial charge in [-0.2, -0.15) is 0 Å². The Balaban J connectivity index is 3.19. The van der Waals surface area contributed by atoms with Crippen LogP contribution in [0.5, 0.6) is 5.75 Å². The first-order valence-corrected chi connectivity index (χ1v) is 4.17. The molecule has 15 heavy (non-hydrogen) atoms. The van der Waals surface area contributed by atoms with Gasteiger partial charge in [0.25, 0.3) is 0 Å². The van der Waals surface area contributed by atoms with E-state index in [2.05, 4.69) is 4.74 Å². The highest BCUT2D eigenvalue weighted by molar-refractivity contribution is 5.97. The standard InChI is InChI=1S/C10H9F3O2/c1-6-4-3-5-8(7(2)14)9(6)15-10(11,12)13/h3-5H,1-2H3. The lowest BCUT2D eigenvalue weighted by molar-refractivity contribution is -0.274. The molecule has 0 atom stereocenters. The molecule has 0 aliphatic rings. The lowest BCUT2D eigenvalue weighted by Crippen LogP contribution is -2.19. The molecule has 0 saturated heterocycles. The van der Waals surface area contributed by atoms with Crippen LogP contribution in [0, 0.1) is 6.92 Å². The number of carbonyl (C=O) groups is 1. The van der Waals surface area contributed by atoms with Crippen molar-refractivity contribution < 1.29 is 22.7 Å². The summed E-state index contributed by atoms with van der Waals surface area (Å²) in [6.45, 7) is 2.64. The molecule has 2 nitrogen and oxygen atoms in total. The molecule has 0 saturated carbocycles. The van der Waals surface area contributed by atoms with E-state index in [-0.39, 0.29) is 11.1 Å². The Bertz CT molecular complexity index is 383. The zero-order chi connectivity index (χ0) is 11.6. The first kappa shape index (κ1) is 11.6. The Labute approximate surface area is 84.7 Å². The van der Waals surface area contributed by atoms with Gasteiger partial charge < -0.3 is 4.74 Å². The number of Topliss-reactive ketones (excluding diaryl/α,β-unsaturated/α-hetero) is 1. The third kappa shape index (κ3) is 2.97. The molecule has 1 aromatic rings. The number of alkyl halides is 3. The zero-order valence-electron chi connectivity index (χ0n) is 8.18. The maximum absolute atomic E-state index is 12.0. The van der Waals surface area contributed by atoms with Crippen molar-refractivity contribution in [1.29, 1.82) is 0 Å². The van der Waals surface area contributed by atoms with Gasteiger partial charge in [0.15, 0.2) is 5.78 Å². The van der Waals surface area contributed by atoms with Gasteiger partial charge in [-0.05, 0) is 25.5 Å². The van der Waals surface area contributed by atoms with Crippen molar-refractivity contribution in [3.05, 3.63) is 29.3 Å². The Morgan fingerprint density at radius 2 is 1.93 bits per heavy atom. The van der Waals surface area contributed by atoms with E-state index < -0.39 is 17.9 Å². The van der Waals surface area contributed by atoms with Crippen LogP contribution >= 0.6 is 0 Å². The Morgan fingerprint density at radius 3 is 2.40 bits per heavy atom. The van der Waals surface area contributed by atoms with Gasteiger partial charge in [0.1, 0.15) is 5.75 Å². The fraction of sp³-hybridized carbons (Fsp3) is 0.300. The molecule has 82 valence electrons. The van der Waals surface area contributed by atoms with Crippen molar-refractivity contribution >= 4 is 5.78 Å². The Hall–Kier alpha value is -1.52. The third-order valence-corrected chi connectivity index (χ3v) is 1.81. The number of carbonyl (C=O) groups excluding carboxylic acids is 1. The Morgan fingerprint density at radius 1 is 1.33 bits per heavy atom. The van der Waals surface area contributed by atoms with Crippen LogP contribution in [0.1, 0.15) is 22.8 Å². The van der Waals surface area contributed by atoms with Gasteiger partial charge in [0.05, 0.1) is 5.56 Å². The van der Waals surface area contributed by atoms with Gasteiger partial charge in [0.2, 0.25) is 0 Å². The lowest BCUT2D eigenvalue weighted by Gasteiger charge is -2.13. The van der Waals surface area contributed by atoms with Gasteiger partial charge in [-0.3, -0.25) is 4.79 Å². The highest BCUT2D eigenvalue weighted by Gasteiger charge is 2.33. The summed E-state index contributed by atoms with van der Waals surface area (Å²) in [7, 11) is 0. The number of hydrogen-bond acceptors (Lipinski definition) is 2. The molecule has 0 aromatic heterocycles. The van der Waals surface area contributed by atoms with E-state index in [4.69, 9.17) is 0 Å². The van der Waals surface area contributed by atoms with Crippen LogP contribution in [0.2, 0.25) is 0 Å². The van der Waals surface area contributed by atoms with Gasteiger partial charge in [-0.1, -0.05) is 12.1 Å². The summed E-state index contributed by atoms with van der Waals surface area (Å²) < 4.78 is 39.9. The summed E-state index contributed by atoms with van der Waals surface area (Å²) in [5.41, 5.74) is 0.215. The second kappa shape index (κ2) is 3.92. The van der Waals surface area contributed by atoms with Crippen LogP contribution in [0.25, 0.3) is 0 Å². The van der Waals surface area contributed by atoms with E-state index in [1.54, 1.807) is 0 Å². The third-order valence-electron chi connectivity index (χ3n) is 1.81. The fourth-order valence-corrected chi connectivity index (χ4v) is 1.18. The van der Waals surface area contributed by atoms with Crippen LogP contribution in [-0.2, 0) is 0 Å². The minimum atomic E-state index is -4.78. The highest BCUT2D eigenvalue weighted by Crippen LogP contribution is 2.29. The summed E-state index contributed by atoms with van der Waals surface area (Å²) in [4.78, 5) is 11.1. The summed E-state index contributed by atoms with van der Waals surface area (Å²) in [6.07, 6.45) is -4.78. The van der Waals surface area contributed by atoms with Gasteiger partial charge in [0, 0.05) is 0 Å². The first-order valence-electron chi connectivity index (χ1n) is 4.17. The smallest absolute Gasteiger partial charge is 0.405 e. The number of halogens is 3. The van der Waals surface area contributed by atoms with Crippen LogP contribution in [0.4, 0.5) is 13.2 Å². The maximum atomic E-state index is 12.0. The fourth-order valence-electron chi connectivity index (χ4n) is 1.18. The number of para-hydroxylation sites is 1. The highest BCUT2D eigenvalue weighted by atomic mass is 19.4. The molecule has 5 heteroatoms. The average molecular weight is 218 g/mol. The van der Waals surface area contributed by atoms with E-state index in [9.17, 15) is 18.0 Å². The van der Waals surface area contributed by atoms with Gasteiger partial charge >= 0.3 is 6.36 Å². The molecule has 0 unspecified atom stereocenters. The SMILES string of the molecule is CC(=O)c1cccc(C)c1OC(F)(F)F. The molecule has 1 aromatic carbocycles. The van der Waals surface area contributed by atoms with Crippen molar-refractivity contribution in [2.45, 2.75) is 20.2 Å². The summed E-state index contributed by atoms with van der Waals surface area (Å²) in [5, 5.41) is 0. The first-order chi connectivity index (χ1) is 6.81. The summed E-state index contributed by atoms with van der Waals surface area (Å²) in [6, 6.07) is 4.26. The molecule has 0 amide bonds. The maximum Gasteiger partial charge on any atom is 0.573 e. The molecule has 0 spiro atoms. The largest absolute Gasteiger partial charge is 0.573 e. The van der Waals surface area contributed by atoms with Crippen LogP contribution in [0.3, 0.4) is 0 Å². The van der Waals surface area contributed by atoms with Crippen LogP contribution in [-0.4, -0.2) is 12.1 Å². The molecule has 0 aliphatic carbocycles. The molecule has 0 heterocycles. The second-order valence-corrected chi connectivity index (χ2v) is 3.06. The molecule has 0 fully saturated rings. The molecule has 0 aliphatic heterocycles. The van der Waals surface area contributed by atoms with Crippen molar-refractivity contribution in [2.75, 3.05) is 0 Å². The monoisotopic (exact) mass is 218 g/mol. The average Bonchev–Trinajstić information content (AvgIpc) is 2.05. The molecule has 1 rings (SSSR count). The topological polar surface area (TPSA) is 26.3 Å². The van der Waals surface area contributed by atoms with Crippen LogP contribution in [0.15, 0.2) is 18.2 Å². The van der Waals surface area contributed by atoms with Crippen molar-refractivity contribution in [3.63, 3.8) is 0 Å². The number of aryl methyl sites for hydroxylation is 1. The minimum Gasteiger partial charge on any atom is -0.405 e. The van der Waals surface area contributed by atoms with E-state index in [0.717, 1.165) is 0 Å². The number of ketones is 1. The van der Waals surface area contributed by atoms with E-state index in [1.165, 1.54) is 32.0 Å². The van der Waals surface area contributed by atoms with E-state index in [0.29, 0.717) is 0 Å². The predicted octanol–water partition coefficient (Wildman–Crippen LogP) is 3.10. The number of hydrogen-bond donors (Lipinski definition) is 0. The van der Waals surface area contributed by atoms with Gasteiger partial charge in [-0.15, -0.1) is 13.2 Å². The second-order valence-electron chi connectivity index (χ2n) is 3.06. The predicted molar refractivity (Wildman–Crippen MR) is 47.9 cm³/mol.